The van der Waals surface area contributed by atoms with E-state index in [0.717, 1.165) is 38.5 Å². The number of carbonyl (C=O) groups is 1. The summed E-state index contributed by atoms with van der Waals surface area (Å²) in [6.45, 7) is 2.11. The lowest BCUT2D eigenvalue weighted by Gasteiger charge is -2.15. The second kappa shape index (κ2) is 6.07. The molecule has 0 heterocycles. The molecule has 1 aliphatic carbocycles. The van der Waals surface area contributed by atoms with Crippen molar-refractivity contribution >= 4 is 17.3 Å². The number of hydrogen-bond acceptors (Lipinski definition) is 5. The number of anilines is 1. The number of halogens is 1. The van der Waals surface area contributed by atoms with Gasteiger partial charge in [0.05, 0.1) is 23.7 Å². The molecule has 0 aromatic heterocycles. The van der Waals surface area contributed by atoms with Gasteiger partial charge < -0.3 is 10.1 Å². The Balaban J connectivity index is 2.36. The van der Waals surface area contributed by atoms with E-state index in [1.807, 2.05) is 0 Å². The number of carbonyl (C=O) groups excluding carboxylic acids is 1. The fraction of sp³-hybridized carbons (Fsp3) is 0.500. The monoisotopic (exact) mass is 296 g/mol. The largest absolute Gasteiger partial charge is 0.465 e. The van der Waals surface area contributed by atoms with E-state index < -0.39 is 16.7 Å². The van der Waals surface area contributed by atoms with E-state index in [0.29, 0.717) is 5.92 Å². The maximum atomic E-state index is 13.8. The number of ether oxygens (including phenoxy) is 1. The first-order valence-electron chi connectivity index (χ1n) is 6.75. The van der Waals surface area contributed by atoms with Crippen LogP contribution in [0.4, 0.5) is 15.8 Å². The van der Waals surface area contributed by atoms with Crippen molar-refractivity contribution in [1.29, 1.82) is 0 Å². The van der Waals surface area contributed by atoms with Crippen LogP contribution in [-0.4, -0.2) is 24.0 Å². The van der Waals surface area contributed by atoms with Gasteiger partial charge in [-0.15, -0.1) is 0 Å². The first-order chi connectivity index (χ1) is 9.92. The molecular formula is C14H17FN2O4. The summed E-state index contributed by atoms with van der Waals surface area (Å²) in [5.41, 5.74) is -0.530. The third kappa shape index (κ3) is 3.29. The molecule has 21 heavy (non-hydrogen) atoms. The maximum Gasteiger partial charge on any atom is 0.340 e. The summed E-state index contributed by atoms with van der Waals surface area (Å²) in [6.07, 6.45) is 2.82. The van der Waals surface area contributed by atoms with Crippen LogP contribution in [0.3, 0.4) is 0 Å². The van der Waals surface area contributed by atoms with Crippen molar-refractivity contribution < 1.29 is 18.8 Å². The Kier molecular flexibility index (Phi) is 4.40. The Morgan fingerprint density at radius 3 is 2.71 bits per heavy atom. The SMILES string of the molecule is COC(=O)c1cc(NC2CCC(C)C2)c([N+](=O)[O-])cc1F. The number of nitrogens with one attached hydrogen (secondary N) is 1. The van der Waals surface area contributed by atoms with Crippen LogP contribution < -0.4 is 5.32 Å². The number of esters is 1. The summed E-state index contributed by atoms with van der Waals surface area (Å²) < 4.78 is 18.3. The summed E-state index contributed by atoms with van der Waals surface area (Å²) >= 11 is 0. The molecule has 1 saturated carbocycles. The molecule has 2 atom stereocenters. The highest BCUT2D eigenvalue weighted by atomic mass is 19.1. The number of nitro groups is 1. The van der Waals surface area contributed by atoms with Gasteiger partial charge in [-0.3, -0.25) is 10.1 Å². The van der Waals surface area contributed by atoms with Crippen molar-refractivity contribution in [2.45, 2.75) is 32.2 Å². The van der Waals surface area contributed by atoms with Crippen molar-refractivity contribution in [3.63, 3.8) is 0 Å². The van der Waals surface area contributed by atoms with Crippen LogP contribution in [0.5, 0.6) is 0 Å². The highest BCUT2D eigenvalue weighted by Crippen LogP contribution is 2.33. The fourth-order valence-electron chi connectivity index (χ4n) is 2.65. The van der Waals surface area contributed by atoms with E-state index in [1.54, 1.807) is 0 Å². The second-order valence-electron chi connectivity index (χ2n) is 5.36. The molecule has 2 rings (SSSR count). The highest BCUT2D eigenvalue weighted by molar-refractivity contribution is 5.92. The van der Waals surface area contributed by atoms with Crippen LogP contribution in [0.15, 0.2) is 12.1 Å². The molecule has 1 aromatic rings. The average molecular weight is 296 g/mol. The van der Waals surface area contributed by atoms with E-state index in [4.69, 9.17) is 0 Å². The number of hydrogen-bond donors (Lipinski definition) is 1. The predicted octanol–water partition coefficient (Wildman–Crippen LogP) is 3.12. The summed E-state index contributed by atoms with van der Waals surface area (Å²) in [7, 11) is 1.13. The smallest absolute Gasteiger partial charge is 0.340 e. The van der Waals surface area contributed by atoms with Crippen molar-refractivity contribution in [3.8, 4) is 0 Å². The van der Waals surface area contributed by atoms with Crippen molar-refractivity contribution in [2.24, 2.45) is 5.92 Å². The lowest BCUT2D eigenvalue weighted by atomic mass is 10.1. The van der Waals surface area contributed by atoms with Crippen molar-refractivity contribution in [1.82, 2.24) is 0 Å². The molecule has 1 fully saturated rings. The Bertz CT molecular complexity index is 576. The van der Waals surface area contributed by atoms with Crippen LogP contribution in [0.25, 0.3) is 0 Å². The summed E-state index contributed by atoms with van der Waals surface area (Å²) in [6, 6.07) is 2.00. The van der Waals surface area contributed by atoms with E-state index >= 15 is 0 Å². The number of methoxy groups -OCH3 is 1. The zero-order valence-corrected chi connectivity index (χ0v) is 11.9. The van der Waals surface area contributed by atoms with Gasteiger partial charge in [0.15, 0.2) is 0 Å². The molecule has 0 saturated heterocycles. The van der Waals surface area contributed by atoms with Gasteiger partial charge in [-0.05, 0) is 31.2 Å². The molecule has 114 valence electrons. The van der Waals surface area contributed by atoms with Gasteiger partial charge >= 0.3 is 5.97 Å². The van der Waals surface area contributed by atoms with Gasteiger partial charge in [0, 0.05) is 6.04 Å². The average Bonchev–Trinajstić information content (AvgIpc) is 2.84. The van der Waals surface area contributed by atoms with Gasteiger partial charge in [0.1, 0.15) is 11.5 Å². The second-order valence-corrected chi connectivity index (χ2v) is 5.36. The third-order valence-electron chi connectivity index (χ3n) is 3.74. The standard InChI is InChI=1S/C14H17FN2O4/c1-8-3-4-9(5-8)16-12-6-10(14(18)21-2)11(15)7-13(12)17(19)20/h6-9,16H,3-5H2,1-2H3. The molecular weight excluding hydrogens is 279 g/mol. The lowest BCUT2D eigenvalue weighted by molar-refractivity contribution is -0.384. The Morgan fingerprint density at radius 1 is 1.48 bits per heavy atom. The summed E-state index contributed by atoms with van der Waals surface area (Å²) in [5.74, 6) is -1.27. The van der Waals surface area contributed by atoms with Crippen LogP contribution in [0.1, 0.15) is 36.5 Å². The Morgan fingerprint density at radius 2 is 2.19 bits per heavy atom. The Labute approximate surface area is 121 Å². The van der Waals surface area contributed by atoms with Gasteiger partial charge in [-0.2, -0.15) is 0 Å². The first-order valence-corrected chi connectivity index (χ1v) is 6.75. The zero-order chi connectivity index (χ0) is 15.6. The van der Waals surface area contributed by atoms with Crippen LogP contribution >= 0.6 is 0 Å². The van der Waals surface area contributed by atoms with E-state index in [9.17, 15) is 19.3 Å². The predicted molar refractivity (Wildman–Crippen MR) is 74.8 cm³/mol. The zero-order valence-electron chi connectivity index (χ0n) is 11.9. The minimum Gasteiger partial charge on any atom is -0.465 e. The molecule has 6 nitrogen and oxygen atoms in total. The topological polar surface area (TPSA) is 81.5 Å². The van der Waals surface area contributed by atoms with Gasteiger partial charge in [-0.1, -0.05) is 6.92 Å². The number of nitro benzene ring substituents is 1. The van der Waals surface area contributed by atoms with Gasteiger partial charge in [-0.25, -0.2) is 9.18 Å². The summed E-state index contributed by atoms with van der Waals surface area (Å²) in [4.78, 5) is 21.9. The number of nitrogens with zero attached hydrogens (tertiary/aromatic N) is 1. The maximum absolute atomic E-state index is 13.8. The quantitative estimate of drug-likeness (QED) is 0.524. The molecule has 1 N–H and O–H groups in total. The highest BCUT2D eigenvalue weighted by Gasteiger charge is 2.26. The molecule has 1 aromatic carbocycles. The molecule has 7 heteroatoms. The van der Waals surface area contributed by atoms with Crippen LogP contribution in [0, 0.1) is 21.8 Å². The molecule has 1 aliphatic rings. The van der Waals surface area contributed by atoms with E-state index in [-0.39, 0.29) is 23.0 Å². The summed E-state index contributed by atoms with van der Waals surface area (Å²) in [5, 5.41) is 14.1. The molecule has 2 unspecified atom stereocenters. The molecule has 0 spiro atoms. The number of rotatable bonds is 4. The molecule has 0 bridgehead atoms. The van der Waals surface area contributed by atoms with Gasteiger partial charge in [0.2, 0.25) is 0 Å². The van der Waals surface area contributed by atoms with Crippen molar-refractivity contribution in [3.05, 3.63) is 33.6 Å². The van der Waals surface area contributed by atoms with Crippen LogP contribution in [-0.2, 0) is 4.74 Å². The minimum absolute atomic E-state index is 0.0923. The lowest BCUT2D eigenvalue weighted by Crippen LogP contribution is -2.17. The van der Waals surface area contributed by atoms with Crippen LogP contribution in [0.2, 0.25) is 0 Å². The fourth-order valence-corrected chi connectivity index (χ4v) is 2.65. The van der Waals surface area contributed by atoms with Crippen molar-refractivity contribution in [2.75, 3.05) is 12.4 Å². The van der Waals surface area contributed by atoms with E-state index in [1.165, 1.54) is 0 Å². The molecule has 0 radical (unpaired) electrons. The minimum atomic E-state index is -0.959. The van der Waals surface area contributed by atoms with Gasteiger partial charge in [0.25, 0.3) is 5.69 Å². The normalized spacial score (nSPS) is 21.1. The molecule has 0 amide bonds. The molecule has 0 aliphatic heterocycles. The number of benzene rings is 1. The Hall–Kier alpha value is -2.18. The van der Waals surface area contributed by atoms with E-state index in [2.05, 4.69) is 17.0 Å². The third-order valence-corrected chi connectivity index (χ3v) is 3.74. The first kappa shape index (κ1) is 15.2.